The maximum absolute atomic E-state index is 11.7. The molecule has 0 radical (unpaired) electrons. The van der Waals surface area contributed by atoms with Crippen LogP contribution in [0, 0.1) is 0 Å². The molecule has 0 saturated heterocycles. The van der Waals surface area contributed by atoms with E-state index < -0.39 is 19.4 Å². The zero-order chi connectivity index (χ0) is 9.50. The van der Waals surface area contributed by atoms with Crippen molar-refractivity contribution < 1.29 is 30.4 Å². The Morgan fingerprint density at radius 1 is 1.00 bits per heavy atom. The van der Waals surface area contributed by atoms with Gasteiger partial charge in [0.25, 0.3) is 0 Å². The van der Waals surface area contributed by atoms with Crippen LogP contribution in [0.3, 0.4) is 0 Å². The van der Waals surface area contributed by atoms with Crippen molar-refractivity contribution in [3.05, 3.63) is 0 Å². The van der Waals surface area contributed by atoms with Crippen LogP contribution in [0.4, 0.5) is 22.0 Å². The predicted octanol–water partition coefficient (Wildman–Crippen LogP) is 0.640. The Morgan fingerprint density at radius 3 is 1.27 bits per heavy atom. The van der Waals surface area contributed by atoms with Crippen LogP contribution >= 0.6 is 0 Å². The molecular weight excluding hydrogens is 190 g/mol. The van der Waals surface area contributed by atoms with Gasteiger partial charge < -0.3 is 0 Å². The van der Waals surface area contributed by atoms with Crippen LogP contribution < -0.4 is 0 Å². The van der Waals surface area contributed by atoms with E-state index in [1.165, 1.54) is 0 Å². The summed E-state index contributed by atoms with van der Waals surface area (Å²) in [5.41, 5.74) is 0. The summed E-state index contributed by atoms with van der Waals surface area (Å²) in [6.45, 7) is 0. The molecule has 0 N–H and O–H groups in total. The summed E-state index contributed by atoms with van der Waals surface area (Å²) in [6, 6.07) is 0. The molecule has 0 atom stereocenters. The van der Waals surface area contributed by atoms with Gasteiger partial charge in [0.2, 0.25) is 0 Å². The van der Waals surface area contributed by atoms with E-state index in [0.717, 1.165) is 0 Å². The summed E-state index contributed by atoms with van der Waals surface area (Å²) < 4.78 is 76.7. The molecule has 11 heavy (non-hydrogen) atoms. The van der Waals surface area contributed by atoms with Crippen LogP contribution in [0.15, 0.2) is 0 Å². The van der Waals surface area contributed by atoms with Gasteiger partial charge in [0.05, 0.1) is 0 Å². The fourth-order valence-corrected chi connectivity index (χ4v) is 0.631. The van der Waals surface area contributed by atoms with Gasteiger partial charge in [-0.05, 0) is 0 Å². The molecule has 0 amide bonds. The first-order valence-corrected chi connectivity index (χ1v) is 4.03. The van der Waals surface area contributed by atoms with E-state index in [1.54, 1.807) is 0 Å². The third-order valence-corrected chi connectivity index (χ3v) is 1.96. The Morgan fingerprint density at radius 2 is 1.27 bits per heavy atom. The first-order valence-electron chi connectivity index (χ1n) is 2.14. The van der Waals surface area contributed by atoms with Crippen molar-refractivity contribution in [1.29, 1.82) is 0 Å². The number of hydrogen-bond acceptors (Lipinski definition) is 2. The second-order valence-corrected chi connectivity index (χ2v) is 3.84. The quantitative estimate of drug-likeness (QED) is 0.449. The van der Waals surface area contributed by atoms with Gasteiger partial charge in [0.15, 0.2) is 0 Å². The topological polar surface area (TPSA) is 34.1 Å². The molecule has 62 valence electrons. The molecule has 0 heterocycles. The molecule has 2 nitrogen and oxygen atoms in total. The van der Waals surface area contributed by atoms with E-state index in [9.17, 15) is 30.4 Å². The van der Waals surface area contributed by atoms with Crippen molar-refractivity contribution >= 4 is 24.5 Å². The van der Waals surface area contributed by atoms with Crippen molar-refractivity contribution in [2.75, 3.05) is 0 Å². The van der Waals surface area contributed by atoms with Crippen molar-refractivity contribution in [1.82, 2.24) is 0 Å². The van der Waals surface area contributed by atoms with Gasteiger partial charge in [-0.3, -0.25) is 0 Å². The molecule has 0 saturated carbocycles. The number of halogens is 5. The van der Waals surface area contributed by atoms with Crippen molar-refractivity contribution in [3.8, 4) is 0 Å². The third-order valence-electron chi connectivity index (χ3n) is 0.796. The molecule has 0 aliphatic carbocycles. The fraction of sp³-hybridized carbons (Fsp3) is 1.00. The van der Waals surface area contributed by atoms with Gasteiger partial charge in [0.1, 0.15) is 0 Å². The van der Waals surface area contributed by atoms with Crippen LogP contribution in [0.1, 0.15) is 0 Å². The minimum atomic E-state index is -6.04. The molecule has 0 aliphatic rings. The van der Waals surface area contributed by atoms with Gasteiger partial charge in [0, 0.05) is 0 Å². The summed E-state index contributed by atoms with van der Waals surface area (Å²) >= 11 is -0.180. The standard InChI is InChI=1S/C2F5O2S.Li/c3-1(4,5)2(6,7)10(8)9;. The number of alkyl halides is 5. The van der Waals surface area contributed by atoms with E-state index in [0.29, 0.717) is 0 Å². The third kappa shape index (κ3) is 2.07. The summed E-state index contributed by atoms with van der Waals surface area (Å²) in [5.74, 6) is 0. The Hall–Kier alpha value is 0.197. The number of rotatable bonds is 1. The molecule has 0 bridgehead atoms. The van der Waals surface area contributed by atoms with Crippen LogP contribution in [0.5, 0.6) is 0 Å². The molecule has 0 aromatic carbocycles. The molecule has 0 rings (SSSR count). The second kappa shape index (κ2) is 2.60. The second-order valence-electron chi connectivity index (χ2n) is 1.79. The van der Waals surface area contributed by atoms with E-state index >= 15 is 0 Å². The zero-order valence-corrected chi connectivity index (χ0v) is 5.93. The molecule has 0 spiro atoms. The average Bonchev–Trinajstić information content (AvgIpc) is 1.58. The molecule has 0 fully saturated rings. The van der Waals surface area contributed by atoms with Crippen molar-refractivity contribution in [2.24, 2.45) is 0 Å². The Bertz CT molecular complexity index is 240. The van der Waals surface area contributed by atoms with Crippen molar-refractivity contribution in [3.63, 3.8) is 0 Å². The summed E-state index contributed by atoms with van der Waals surface area (Å²) in [4.78, 5) is 0. The summed E-state index contributed by atoms with van der Waals surface area (Å²) in [5, 5.41) is -5.65. The Labute approximate surface area is 66.8 Å². The molecular formula is C2F5LiO2S. The Balaban J connectivity index is 5.08. The van der Waals surface area contributed by atoms with Gasteiger partial charge in [-0.1, -0.05) is 0 Å². The van der Waals surface area contributed by atoms with E-state index in [1.807, 2.05) is 0 Å². The predicted molar refractivity (Wildman–Crippen MR) is 25.7 cm³/mol. The molecule has 0 unspecified atom stereocenters. The molecule has 9 heteroatoms. The van der Waals surface area contributed by atoms with Gasteiger partial charge in [-0.15, -0.1) is 0 Å². The minimum absolute atomic E-state index is 0.180. The van der Waals surface area contributed by atoms with E-state index in [-0.39, 0.29) is 16.5 Å². The van der Waals surface area contributed by atoms with E-state index in [2.05, 4.69) is 0 Å². The summed E-state index contributed by atoms with van der Waals surface area (Å²) in [6.07, 6.45) is -6.04. The number of hydrogen-bond donors (Lipinski definition) is 0. The molecule has 0 aromatic heterocycles. The fourth-order valence-electron chi connectivity index (χ4n) is 0.210. The SMILES string of the molecule is [Li][S](=O)(=O)C(F)(F)C(F)(F)F. The average molecular weight is 190 g/mol. The summed E-state index contributed by atoms with van der Waals surface area (Å²) in [7, 11) is -5.42. The maximum atomic E-state index is 11.7. The Kier molecular flexibility index (Phi) is 2.65. The van der Waals surface area contributed by atoms with Gasteiger partial charge in [-0.2, -0.15) is 0 Å². The molecule has 0 aromatic rings. The monoisotopic (exact) mass is 190 g/mol. The zero-order valence-electron chi connectivity index (χ0n) is 5.11. The van der Waals surface area contributed by atoms with Gasteiger partial charge >= 0.3 is 66.3 Å². The van der Waals surface area contributed by atoms with Crippen LogP contribution in [0.25, 0.3) is 0 Å². The van der Waals surface area contributed by atoms with Crippen LogP contribution in [-0.2, 0) is 7.94 Å². The molecule has 0 aliphatic heterocycles. The van der Waals surface area contributed by atoms with Crippen LogP contribution in [0.2, 0.25) is 0 Å². The van der Waals surface area contributed by atoms with Crippen LogP contribution in [-0.4, -0.2) is 36.4 Å². The first-order chi connectivity index (χ1) is 4.50. The first kappa shape index (κ1) is 11.2. The van der Waals surface area contributed by atoms with E-state index in [4.69, 9.17) is 0 Å². The van der Waals surface area contributed by atoms with Crippen molar-refractivity contribution in [2.45, 2.75) is 11.4 Å². The van der Waals surface area contributed by atoms with Gasteiger partial charge in [-0.25, -0.2) is 0 Å². The normalized spacial score (nSPS) is 15.2.